The van der Waals surface area contributed by atoms with E-state index in [9.17, 15) is 22.4 Å². The molecule has 1 saturated heterocycles. The second kappa shape index (κ2) is 11.0. The summed E-state index contributed by atoms with van der Waals surface area (Å²) in [4.78, 5) is 17.5. The Morgan fingerprint density at radius 2 is 1.98 bits per heavy atom. The van der Waals surface area contributed by atoms with Crippen molar-refractivity contribution in [1.82, 2.24) is 24.7 Å². The van der Waals surface area contributed by atoms with Crippen molar-refractivity contribution >= 4 is 22.4 Å². The van der Waals surface area contributed by atoms with Crippen LogP contribution in [-0.4, -0.2) is 69.2 Å². The van der Waals surface area contributed by atoms with Gasteiger partial charge in [-0.05, 0) is 30.2 Å². The van der Waals surface area contributed by atoms with E-state index in [1.807, 2.05) is 0 Å². The Morgan fingerprint density at radius 1 is 1.18 bits per heavy atom. The number of nitrogens with zero attached hydrogens (tertiary/aromatic N) is 5. The number of rotatable bonds is 8. The first kappa shape index (κ1) is 27.7. The molecule has 0 unspecified atom stereocenters. The Hall–Kier alpha value is -3.84. The van der Waals surface area contributed by atoms with Crippen molar-refractivity contribution in [1.29, 1.82) is 0 Å². The molecule has 1 aliphatic heterocycles. The van der Waals surface area contributed by atoms with Crippen LogP contribution in [0.15, 0.2) is 42.6 Å². The molecule has 0 bridgehead atoms. The molecule has 2 atom stereocenters. The van der Waals surface area contributed by atoms with Crippen molar-refractivity contribution < 1.29 is 31.8 Å². The van der Waals surface area contributed by atoms with E-state index < -0.39 is 18.0 Å². The fourth-order valence-corrected chi connectivity index (χ4v) is 4.74. The summed E-state index contributed by atoms with van der Waals surface area (Å²) < 4.78 is 68.5. The van der Waals surface area contributed by atoms with Gasteiger partial charge in [0.05, 0.1) is 22.6 Å². The lowest BCUT2D eigenvalue weighted by molar-refractivity contribution is -0.183. The highest BCUT2D eigenvalue weighted by atomic mass is 19.4. The lowest BCUT2D eigenvalue weighted by Gasteiger charge is -2.29. The van der Waals surface area contributed by atoms with Crippen molar-refractivity contribution in [3.63, 3.8) is 0 Å². The average molecular weight is 561 g/mol. The van der Waals surface area contributed by atoms with Crippen LogP contribution in [0.25, 0.3) is 27.8 Å². The van der Waals surface area contributed by atoms with Crippen LogP contribution in [0.5, 0.6) is 5.75 Å². The Balaban J connectivity index is 1.40. The first-order valence-electron chi connectivity index (χ1n) is 12.8. The number of hydrogen-bond acceptors (Lipinski definition) is 8. The summed E-state index contributed by atoms with van der Waals surface area (Å²) in [6.07, 6.45) is -2.67. The molecule has 1 fully saturated rings. The summed E-state index contributed by atoms with van der Waals surface area (Å²) in [7, 11) is 0. The molecule has 0 spiro atoms. The molecule has 4 aromatic rings. The summed E-state index contributed by atoms with van der Waals surface area (Å²) >= 11 is 0. The zero-order valence-corrected chi connectivity index (χ0v) is 21.9. The molecule has 3 aromatic heterocycles. The molecule has 1 aromatic carbocycles. The highest BCUT2D eigenvalue weighted by molar-refractivity contribution is 5.85. The van der Waals surface area contributed by atoms with E-state index in [2.05, 4.69) is 15.3 Å². The first-order valence-corrected chi connectivity index (χ1v) is 12.8. The van der Waals surface area contributed by atoms with Crippen LogP contribution in [0, 0.1) is 11.7 Å². The van der Waals surface area contributed by atoms with Gasteiger partial charge in [-0.15, -0.1) is 5.10 Å². The molecule has 13 heteroatoms. The number of halogens is 4. The zero-order valence-electron chi connectivity index (χ0n) is 21.9. The van der Waals surface area contributed by atoms with Gasteiger partial charge in [0.25, 0.3) is 0 Å². The third kappa shape index (κ3) is 5.70. The van der Waals surface area contributed by atoms with Crippen LogP contribution >= 0.6 is 0 Å². The highest BCUT2D eigenvalue weighted by Crippen LogP contribution is 2.39. The van der Waals surface area contributed by atoms with Crippen LogP contribution in [-0.2, 0) is 9.53 Å². The molecule has 40 heavy (non-hydrogen) atoms. The van der Waals surface area contributed by atoms with Crippen LogP contribution in [0.1, 0.15) is 31.9 Å². The second-order valence-corrected chi connectivity index (χ2v) is 10.1. The fourth-order valence-electron chi connectivity index (χ4n) is 4.74. The van der Waals surface area contributed by atoms with Gasteiger partial charge in [-0.1, -0.05) is 31.2 Å². The molecule has 2 N–H and O–H groups in total. The van der Waals surface area contributed by atoms with E-state index in [4.69, 9.17) is 15.2 Å². The predicted molar refractivity (Wildman–Crippen MR) is 138 cm³/mol. The minimum absolute atomic E-state index is 0.0317. The fraction of sp³-hybridized carbons (Fsp3) is 0.407. The van der Waals surface area contributed by atoms with Crippen molar-refractivity contribution in [2.45, 2.75) is 38.5 Å². The molecular weight excluding hydrogens is 532 g/mol. The first-order chi connectivity index (χ1) is 19.0. The molecule has 0 amide bonds. The normalized spacial score (nSPS) is 17.1. The standard InChI is InChI=1S/C27H28F4N6O3/c1-15(2)26(38)40-10-9-39-23-12-21-16(11-19(23)28)3-5-20(33-21)24-22-6-4-17(13-37(22)35-34-24)25(27(29,30)31)36-8-7-18(32)14-36/h3-6,11-13,15,18,25H,7-10,14,32H2,1-2H3/t18-,25+/m0/s1. The summed E-state index contributed by atoms with van der Waals surface area (Å²) in [5.41, 5.74) is 7.52. The number of nitrogens with two attached hydrogens (primary N) is 1. The van der Waals surface area contributed by atoms with Gasteiger partial charge in [0, 0.05) is 36.8 Å². The van der Waals surface area contributed by atoms with Gasteiger partial charge in [0.1, 0.15) is 24.9 Å². The number of ether oxygens (including phenoxy) is 2. The summed E-state index contributed by atoms with van der Waals surface area (Å²) in [5.74, 6) is -1.32. The molecular formula is C27H28F4N6O3. The smallest absolute Gasteiger partial charge is 0.408 e. The summed E-state index contributed by atoms with van der Waals surface area (Å²) in [5, 5.41) is 8.71. The molecule has 1 aliphatic rings. The number of esters is 1. The maximum absolute atomic E-state index is 14.6. The monoisotopic (exact) mass is 560 g/mol. The van der Waals surface area contributed by atoms with Gasteiger partial charge in [0.15, 0.2) is 11.6 Å². The Bertz CT molecular complexity index is 1540. The van der Waals surface area contributed by atoms with Crippen molar-refractivity contribution in [2.24, 2.45) is 11.7 Å². The topological polar surface area (TPSA) is 108 Å². The Labute approximate surface area is 226 Å². The number of benzene rings is 1. The Kier molecular flexibility index (Phi) is 7.60. The van der Waals surface area contributed by atoms with E-state index in [0.717, 1.165) is 0 Å². The maximum Gasteiger partial charge on any atom is 0.408 e. The molecule has 212 valence electrons. The quantitative estimate of drug-likeness (QED) is 0.193. The average Bonchev–Trinajstić information content (AvgIpc) is 3.51. The lowest BCUT2D eigenvalue weighted by atomic mass is 10.1. The molecule has 9 nitrogen and oxygen atoms in total. The van der Waals surface area contributed by atoms with Gasteiger partial charge < -0.3 is 15.2 Å². The number of hydrogen-bond donors (Lipinski definition) is 1. The largest absolute Gasteiger partial charge is 0.487 e. The van der Waals surface area contributed by atoms with Crippen LogP contribution in [0.3, 0.4) is 0 Å². The number of alkyl halides is 3. The number of likely N-dealkylation sites (tertiary alicyclic amines) is 1. The predicted octanol–water partition coefficient (Wildman–Crippen LogP) is 4.30. The van der Waals surface area contributed by atoms with Crippen LogP contribution < -0.4 is 10.5 Å². The SMILES string of the molecule is CC(C)C(=O)OCCOc1cc2nc(-c3nnn4cc([C@@H](N5CC[C@H](N)C5)C(F)(F)F)ccc34)ccc2cc1F. The van der Waals surface area contributed by atoms with E-state index >= 15 is 0 Å². The molecule has 0 aliphatic carbocycles. The Morgan fingerprint density at radius 3 is 2.67 bits per heavy atom. The number of aromatic nitrogens is 4. The van der Waals surface area contributed by atoms with Crippen molar-refractivity contribution in [3.8, 4) is 17.1 Å². The van der Waals surface area contributed by atoms with Crippen molar-refractivity contribution in [2.75, 3.05) is 26.3 Å². The third-order valence-electron chi connectivity index (χ3n) is 6.72. The second-order valence-electron chi connectivity index (χ2n) is 10.1. The minimum Gasteiger partial charge on any atom is -0.487 e. The maximum atomic E-state index is 14.6. The zero-order chi connectivity index (χ0) is 28.6. The number of carbonyl (C=O) groups excluding carboxylic acids is 1. The van der Waals surface area contributed by atoms with Gasteiger partial charge >= 0.3 is 12.1 Å². The highest BCUT2D eigenvalue weighted by Gasteiger charge is 2.46. The van der Waals surface area contributed by atoms with E-state index in [0.29, 0.717) is 34.2 Å². The van der Waals surface area contributed by atoms with Crippen molar-refractivity contribution in [3.05, 3.63) is 54.0 Å². The number of carbonyl (C=O) groups is 1. The lowest BCUT2D eigenvalue weighted by Crippen LogP contribution is -2.38. The summed E-state index contributed by atoms with van der Waals surface area (Å²) in [6.45, 7) is 3.75. The van der Waals surface area contributed by atoms with E-state index in [1.54, 1.807) is 26.0 Å². The molecule has 5 rings (SSSR count). The number of fused-ring (bicyclic) bond motifs is 2. The molecule has 4 heterocycles. The van der Waals surface area contributed by atoms with E-state index in [1.165, 1.54) is 39.9 Å². The van der Waals surface area contributed by atoms with Gasteiger partial charge in [-0.3, -0.25) is 9.69 Å². The number of pyridine rings is 2. The van der Waals surface area contributed by atoms with Gasteiger partial charge in [0.2, 0.25) is 0 Å². The minimum atomic E-state index is -4.49. The van der Waals surface area contributed by atoms with Gasteiger partial charge in [-0.25, -0.2) is 13.9 Å². The molecule has 0 saturated carbocycles. The van der Waals surface area contributed by atoms with E-state index in [-0.39, 0.29) is 55.5 Å². The third-order valence-corrected chi connectivity index (χ3v) is 6.72. The van der Waals surface area contributed by atoms with Gasteiger partial charge in [-0.2, -0.15) is 13.2 Å². The molecule has 0 radical (unpaired) electrons. The van der Waals surface area contributed by atoms with Crippen LogP contribution in [0.2, 0.25) is 0 Å². The van der Waals surface area contributed by atoms with Crippen LogP contribution in [0.4, 0.5) is 17.6 Å². The summed E-state index contributed by atoms with van der Waals surface area (Å²) in [6, 6.07) is 6.84.